The Labute approximate surface area is 118 Å². The topological polar surface area (TPSA) is 57.4 Å². The van der Waals surface area contributed by atoms with Gasteiger partial charge in [0.2, 0.25) is 0 Å². The molecule has 0 bridgehead atoms. The Morgan fingerprint density at radius 1 is 0.895 bits per heavy atom. The normalized spacial score (nSPS) is 10.3. The molecule has 0 saturated carbocycles. The summed E-state index contributed by atoms with van der Waals surface area (Å²) < 4.78 is 2.08. The number of rotatable bonds is 0. The van der Waals surface area contributed by atoms with E-state index in [1.165, 1.54) is 4.70 Å². The molecule has 0 amide bonds. The van der Waals surface area contributed by atoms with Gasteiger partial charge in [-0.25, -0.2) is 0 Å². The number of hydrogen-bond acceptors (Lipinski definition) is 4. The minimum absolute atomic E-state index is 0.848. The van der Waals surface area contributed by atoms with E-state index >= 15 is 0 Å². The van der Waals surface area contributed by atoms with Crippen molar-refractivity contribution in [1.29, 1.82) is 0 Å². The smallest absolute Gasteiger partial charge is 0.159 e. The number of aromatic amines is 2. The summed E-state index contributed by atoms with van der Waals surface area (Å²) in [7, 11) is 0. The van der Waals surface area contributed by atoms with Gasteiger partial charge >= 0.3 is 0 Å². The average molecular weight is 286 g/mol. The van der Waals surface area contributed by atoms with E-state index in [4.69, 9.17) is 12.2 Å². The van der Waals surface area contributed by atoms with Crippen molar-refractivity contribution in [3.05, 3.63) is 52.5 Å². The van der Waals surface area contributed by atoms with Crippen molar-refractivity contribution < 1.29 is 0 Å². The van der Waals surface area contributed by atoms with Crippen molar-refractivity contribution in [3.63, 3.8) is 0 Å². The largest absolute Gasteiger partial charge is 0.337 e. The van der Waals surface area contributed by atoms with Crippen molar-refractivity contribution in [1.82, 2.24) is 20.4 Å². The molecule has 0 radical (unpaired) electrons. The summed E-state index contributed by atoms with van der Waals surface area (Å²) >= 11 is 6.59. The summed E-state index contributed by atoms with van der Waals surface area (Å²) in [5.74, 6) is 0. The lowest BCUT2D eigenvalue weighted by molar-refractivity contribution is 0.959. The highest BCUT2D eigenvalue weighted by Crippen LogP contribution is 2.17. The molecule has 0 spiro atoms. The van der Waals surface area contributed by atoms with Crippen LogP contribution in [0.3, 0.4) is 0 Å². The second kappa shape index (κ2) is 5.29. The van der Waals surface area contributed by atoms with Crippen LogP contribution in [0, 0.1) is 3.95 Å². The molecule has 4 rings (SSSR count). The van der Waals surface area contributed by atoms with Crippen molar-refractivity contribution in [3.8, 4) is 0 Å². The monoisotopic (exact) mass is 286 g/mol. The number of aromatic nitrogens is 4. The maximum atomic E-state index is 4.98. The number of nitrogens with zero attached hydrogens (tertiary/aromatic N) is 2. The highest BCUT2D eigenvalue weighted by Gasteiger charge is 1.92. The number of H-pyrrole nitrogens is 2. The van der Waals surface area contributed by atoms with Crippen molar-refractivity contribution in [2.75, 3.05) is 0 Å². The molecular weight excluding hydrogens is 276 g/mol. The van der Waals surface area contributed by atoms with Gasteiger partial charge < -0.3 is 4.98 Å². The molecule has 0 atom stereocenters. The van der Waals surface area contributed by atoms with Crippen molar-refractivity contribution in [2.24, 2.45) is 0 Å². The fraction of sp³-hybridized carbons (Fsp3) is 0. The first-order valence-corrected chi connectivity index (χ1v) is 6.89. The van der Waals surface area contributed by atoms with Gasteiger partial charge in [-0.1, -0.05) is 24.3 Å². The van der Waals surface area contributed by atoms with E-state index in [1.807, 2.05) is 42.5 Å². The first-order chi connectivity index (χ1) is 9.33. The van der Waals surface area contributed by atoms with Gasteiger partial charge in [0.25, 0.3) is 0 Å². The van der Waals surface area contributed by atoms with E-state index in [-0.39, 0.29) is 0 Å². The molecule has 2 heterocycles. The van der Waals surface area contributed by atoms with E-state index in [1.54, 1.807) is 11.3 Å². The Kier molecular flexibility index (Phi) is 3.35. The molecule has 0 aliphatic carbocycles. The van der Waals surface area contributed by atoms with Gasteiger partial charge in [0.05, 0.1) is 10.2 Å². The maximum Gasteiger partial charge on any atom is 0.159 e. The van der Waals surface area contributed by atoms with E-state index in [9.17, 15) is 0 Å². The third kappa shape index (κ3) is 2.69. The molecule has 2 N–H and O–H groups in total. The fourth-order valence-electron chi connectivity index (χ4n) is 1.68. The molecule has 4 aromatic rings. The molecule has 0 aliphatic rings. The molecule has 2 aromatic carbocycles. The Bertz CT molecular complexity index is 793. The number of thiazole rings is 1. The van der Waals surface area contributed by atoms with Crippen molar-refractivity contribution in [2.45, 2.75) is 0 Å². The van der Waals surface area contributed by atoms with Crippen LogP contribution < -0.4 is 0 Å². The molecule has 94 valence electrons. The van der Waals surface area contributed by atoms with Gasteiger partial charge in [0, 0.05) is 0 Å². The van der Waals surface area contributed by atoms with Crippen LogP contribution in [0.2, 0.25) is 0 Å². The summed E-state index contributed by atoms with van der Waals surface area (Å²) in [5, 5.41) is 10.3. The molecule has 6 heteroatoms. The average Bonchev–Trinajstić information content (AvgIpc) is 3.03. The number of nitrogens with one attached hydrogen (secondary N) is 2. The van der Waals surface area contributed by atoms with E-state index < -0.39 is 0 Å². The molecule has 0 saturated heterocycles. The van der Waals surface area contributed by atoms with Gasteiger partial charge in [-0.2, -0.15) is 15.4 Å². The number of benzene rings is 2. The van der Waals surface area contributed by atoms with Crippen LogP contribution in [0.15, 0.2) is 48.5 Å². The summed E-state index contributed by atoms with van der Waals surface area (Å²) in [6.45, 7) is 0. The lowest BCUT2D eigenvalue weighted by Gasteiger charge is -1.81. The molecule has 0 fully saturated rings. The first-order valence-electron chi connectivity index (χ1n) is 5.66. The zero-order chi connectivity index (χ0) is 13.1. The van der Waals surface area contributed by atoms with E-state index in [0.29, 0.717) is 0 Å². The van der Waals surface area contributed by atoms with Crippen LogP contribution in [0.5, 0.6) is 0 Å². The Balaban J connectivity index is 0.000000117. The standard InChI is InChI=1S/C7H5NS2.C6H5N3/c9-7-8-5-3-1-2-4-6(5)10-7;1-2-4-6-5(3-1)7-9-8-6/h1-4H,(H,8,9);1-4H,(H,7,8,9). The predicted molar refractivity (Wildman–Crippen MR) is 80.9 cm³/mol. The fourth-order valence-corrected chi connectivity index (χ4v) is 2.80. The summed E-state index contributed by atoms with van der Waals surface area (Å²) in [6.07, 6.45) is 0. The minimum atomic E-state index is 0.848. The van der Waals surface area contributed by atoms with Gasteiger partial charge in [-0.05, 0) is 36.5 Å². The van der Waals surface area contributed by atoms with Crippen LogP contribution in [0.25, 0.3) is 21.3 Å². The van der Waals surface area contributed by atoms with Gasteiger partial charge in [0.15, 0.2) is 3.95 Å². The molecule has 4 nitrogen and oxygen atoms in total. The van der Waals surface area contributed by atoms with Crippen LogP contribution in [0.4, 0.5) is 0 Å². The third-order valence-corrected chi connectivity index (χ3v) is 3.76. The highest BCUT2D eigenvalue weighted by atomic mass is 32.1. The minimum Gasteiger partial charge on any atom is -0.337 e. The molecule has 2 aromatic heterocycles. The lowest BCUT2D eigenvalue weighted by Crippen LogP contribution is -1.63. The number of fused-ring (bicyclic) bond motifs is 2. The Morgan fingerprint density at radius 3 is 2.21 bits per heavy atom. The zero-order valence-corrected chi connectivity index (χ0v) is 11.5. The number of hydrogen-bond donors (Lipinski definition) is 2. The second-order valence-electron chi connectivity index (χ2n) is 3.82. The quantitative estimate of drug-likeness (QED) is 0.482. The molecular formula is C13H10N4S2. The second-order valence-corrected chi connectivity index (χ2v) is 5.54. The van der Waals surface area contributed by atoms with Gasteiger partial charge in [-0.15, -0.1) is 11.3 Å². The summed E-state index contributed by atoms with van der Waals surface area (Å²) in [5.41, 5.74) is 2.97. The molecule has 0 unspecified atom stereocenters. The third-order valence-electron chi connectivity index (χ3n) is 2.55. The Morgan fingerprint density at radius 2 is 1.53 bits per heavy atom. The van der Waals surface area contributed by atoms with Gasteiger partial charge in [-0.3, -0.25) is 0 Å². The SMILES string of the molecule is S=c1[nH]c2ccccc2s1.c1ccc2n[nH]nc2c1. The summed E-state index contributed by atoms with van der Waals surface area (Å²) in [6, 6.07) is 15.8. The predicted octanol–water partition coefficient (Wildman–Crippen LogP) is 3.92. The van der Waals surface area contributed by atoms with Crippen LogP contribution in [-0.4, -0.2) is 20.4 Å². The lowest BCUT2D eigenvalue weighted by atomic mass is 10.3. The van der Waals surface area contributed by atoms with Crippen molar-refractivity contribution >= 4 is 44.8 Å². The Hall–Kier alpha value is -2.05. The summed E-state index contributed by atoms with van der Waals surface area (Å²) in [4.78, 5) is 3.09. The molecule has 0 aliphatic heterocycles. The zero-order valence-electron chi connectivity index (χ0n) is 9.83. The van der Waals surface area contributed by atoms with E-state index in [2.05, 4.69) is 26.5 Å². The number of para-hydroxylation sites is 3. The highest BCUT2D eigenvalue weighted by molar-refractivity contribution is 7.73. The van der Waals surface area contributed by atoms with E-state index in [0.717, 1.165) is 20.5 Å². The molecule has 19 heavy (non-hydrogen) atoms. The van der Waals surface area contributed by atoms with Crippen LogP contribution in [-0.2, 0) is 0 Å². The first kappa shape index (κ1) is 12.0. The van der Waals surface area contributed by atoms with Crippen LogP contribution in [0.1, 0.15) is 0 Å². The van der Waals surface area contributed by atoms with Crippen LogP contribution >= 0.6 is 23.6 Å². The van der Waals surface area contributed by atoms with Gasteiger partial charge in [0.1, 0.15) is 11.0 Å². The maximum absolute atomic E-state index is 4.98.